The lowest BCUT2D eigenvalue weighted by molar-refractivity contribution is 0.0944. The van der Waals surface area contributed by atoms with Crippen LogP contribution in [0.4, 0.5) is 8.78 Å². The van der Waals surface area contributed by atoms with Gasteiger partial charge < -0.3 is 10.2 Å². The fourth-order valence-corrected chi connectivity index (χ4v) is 1.21. The van der Waals surface area contributed by atoms with Crippen molar-refractivity contribution in [2.24, 2.45) is 0 Å². The first-order valence-electron chi connectivity index (χ1n) is 5.33. The molecule has 0 aliphatic rings. The summed E-state index contributed by atoms with van der Waals surface area (Å²) in [4.78, 5) is 16.6. The Morgan fingerprint density at radius 1 is 1.53 bits per heavy atom. The van der Waals surface area contributed by atoms with Gasteiger partial charge in [-0.2, -0.15) is 4.39 Å². The molecule has 0 saturated carbocycles. The first-order valence-corrected chi connectivity index (χ1v) is 5.33. The van der Waals surface area contributed by atoms with Gasteiger partial charge in [0.15, 0.2) is 5.82 Å². The Morgan fingerprint density at radius 2 is 2.24 bits per heavy atom. The van der Waals surface area contributed by atoms with Crippen molar-refractivity contribution in [3.8, 4) is 0 Å². The largest absolute Gasteiger partial charge is 0.351 e. The van der Waals surface area contributed by atoms with Crippen molar-refractivity contribution >= 4 is 5.91 Å². The fourth-order valence-electron chi connectivity index (χ4n) is 1.21. The van der Waals surface area contributed by atoms with E-state index in [0.717, 1.165) is 18.8 Å². The van der Waals surface area contributed by atoms with E-state index in [9.17, 15) is 13.6 Å². The number of hydrogen-bond donors (Lipinski definition) is 1. The zero-order valence-electron chi connectivity index (χ0n) is 9.83. The van der Waals surface area contributed by atoms with Crippen molar-refractivity contribution in [1.82, 2.24) is 15.2 Å². The van der Waals surface area contributed by atoms with E-state index in [1.807, 2.05) is 18.9 Å². The summed E-state index contributed by atoms with van der Waals surface area (Å²) in [6, 6.07) is 1.15. The minimum absolute atomic E-state index is 0.323. The lowest BCUT2D eigenvalue weighted by atomic mass is 10.2. The van der Waals surface area contributed by atoms with Gasteiger partial charge in [0.05, 0.1) is 5.56 Å². The van der Waals surface area contributed by atoms with Crippen LogP contribution in [-0.4, -0.2) is 42.5 Å². The SMILES string of the molecule is CCN(C)CCNC(=O)c1ccnc(F)c1F. The molecule has 1 heterocycles. The summed E-state index contributed by atoms with van der Waals surface area (Å²) in [7, 11) is 1.90. The molecule has 0 fully saturated rings. The van der Waals surface area contributed by atoms with Crippen LogP contribution in [0.2, 0.25) is 0 Å². The highest BCUT2D eigenvalue weighted by Gasteiger charge is 2.15. The summed E-state index contributed by atoms with van der Waals surface area (Å²) in [5, 5.41) is 2.52. The number of carbonyl (C=O) groups is 1. The predicted molar refractivity (Wildman–Crippen MR) is 59.7 cm³/mol. The van der Waals surface area contributed by atoms with Crippen LogP contribution in [0.15, 0.2) is 12.3 Å². The Kier molecular flexibility index (Phi) is 4.96. The lowest BCUT2D eigenvalue weighted by Crippen LogP contribution is -2.33. The number of halogens is 2. The van der Waals surface area contributed by atoms with Crippen LogP contribution in [0.5, 0.6) is 0 Å². The summed E-state index contributed by atoms with van der Waals surface area (Å²) in [6.07, 6.45) is 1.06. The number of nitrogens with zero attached hydrogens (tertiary/aromatic N) is 2. The van der Waals surface area contributed by atoms with Crippen LogP contribution in [0.25, 0.3) is 0 Å². The molecule has 94 valence electrons. The zero-order valence-corrected chi connectivity index (χ0v) is 9.83. The number of likely N-dealkylation sites (N-methyl/N-ethyl adjacent to an activating group) is 1. The number of amides is 1. The number of nitrogens with one attached hydrogen (secondary N) is 1. The molecule has 1 amide bonds. The number of rotatable bonds is 5. The minimum atomic E-state index is -1.26. The van der Waals surface area contributed by atoms with Gasteiger partial charge in [-0.1, -0.05) is 6.92 Å². The molecule has 0 aromatic carbocycles. The van der Waals surface area contributed by atoms with E-state index < -0.39 is 17.7 Å². The molecule has 1 aromatic heterocycles. The number of hydrogen-bond acceptors (Lipinski definition) is 3. The predicted octanol–water partition coefficient (Wildman–Crippen LogP) is 1.04. The first-order chi connectivity index (χ1) is 8.06. The highest BCUT2D eigenvalue weighted by atomic mass is 19.2. The number of pyridine rings is 1. The van der Waals surface area contributed by atoms with Crippen LogP contribution in [-0.2, 0) is 0 Å². The molecular weight excluding hydrogens is 228 g/mol. The van der Waals surface area contributed by atoms with Crippen LogP contribution in [0, 0.1) is 11.8 Å². The Morgan fingerprint density at radius 3 is 2.88 bits per heavy atom. The topological polar surface area (TPSA) is 45.2 Å². The molecule has 0 aliphatic heterocycles. The fraction of sp³-hybridized carbons (Fsp3) is 0.455. The second-order valence-corrected chi connectivity index (χ2v) is 3.62. The number of aromatic nitrogens is 1. The third-order valence-corrected chi connectivity index (χ3v) is 2.41. The molecule has 17 heavy (non-hydrogen) atoms. The van der Waals surface area contributed by atoms with E-state index in [2.05, 4.69) is 10.3 Å². The van der Waals surface area contributed by atoms with Gasteiger partial charge in [-0.15, -0.1) is 0 Å². The summed E-state index contributed by atoms with van der Waals surface area (Å²) in [6.45, 7) is 3.87. The Balaban J connectivity index is 2.56. The molecule has 0 saturated heterocycles. The second-order valence-electron chi connectivity index (χ2n) is 3.62. The van der Waals surface area contributed by atoms with Gasteiger partial charge in [0.1, 0.15) is 0 Å². The molecule has 1 rings (SSSR count). The first kappa shape index (κ1) is 13.5. The van der Waals surface area contributed by atoms with Gasteiger partial charge in [-0.3, -0.25) is 4.79 Å². The molecular formula is C11H15F2N3O. The maximum atomic E-state index is 13.2. The summed E-state index contributed by atoms with van der Waals surface area (Å²) < 4.78 is 26.0. The summed E-state index contributed by atoms with van der Waals surface area (Å²) in [5.74, 6) is -3.11. The zero-order chi connectivity index (χ0) is 12.8. The van der Waals surface area contributed by atoms with E-state index in [0.29, 0.717) is 13.1 Å². The maximum absolute atomic E-state index is 13.2. The van der Waals surface area contributed by atoms with E-state index in [1.54, 1.807) is 0 Å². The van der Waals surface area contributed by atoms with E-state index in [-0.39, 0.29) is 5.56 Å². The van der Waals surface area contributed by atoms with Crippen LogP contribution in [0.1, 0.15) is 17.3 Å². The molecule has 0 bridgehead atoms. The highest BCUT2D eigenvalue weighted by Crippen LogP contribution is 2.08. The van der Waals surface area contributed by atoms with Crippen LogP contribution >= 0.6 is 0 Å². The average Bonchev–Trinajstić information content (AvgIpc) is 2.32. The Labute approximate surface area is 98.6 Å². The Hall–Kier alpha value is -1.56. The maximum Gasteiger partial charge on any atom is 0.254 e. The molecule has 1 aromatic rings. The third kappa shape index (κ3) is 3.74. The number of carbonyl (C=O) groups excluding carboxylic acids is 1. The summed E-state index contributed by atoms with van der Waals surface area (Å²) >= 11 is 0. The second kappa shape index (κ2) is 6.24. The molecule has 1 N–H and O–H groups in total. The molecule has 0 spiro atoms. The van der Waals surface area contributed by atoms with Gasteiger partial charge >= 0.3 is 0 Å². The van der Waals surface area contributed by atoms with Crippen molar-refractivity contribution in [2.45, 2.75) is 6.92 Å². The summed E-state index contributed by atoms with van der Waals surface area (Å²) in [5.41, 5.74) is -0.323. The van der Waals surface area contributed by atoms with Crippen molar-refractivity contribution in [1.29, 1.82) is 0 Å². The van der Waals surface area contributed by atoms with E-state index >= 15 is 0 Å². The molecule has 4 nitrogen and oxygen atoms in total. The van der Waals surface area contributed by atoms with Crippen molar-refractivity contribution in [2.75, 3.05) is 26.7 Å². The van der Waals surface area contributed by atoms with E-state index in [1.165, 1.54) is 0 Å². The lowest BCUT2D eigenvalue weighted by Gasteiger charge is -2.14. The van der Waals surface area contributed by atoms with Gasteiger partial charge in [0, 0.05) is 19.3 Å². The van der Waals surface area contributed by atoms with Gasteiger partial charge in [0.2, 0.25) is 5.95 Å². The molecule has 0 aliphatic carbocycles. The molecule has 0 unspecified atom stereocenters. The van der Waals surface area contributed by atoms with Crippen molar-refractivity contribution in [3.63, 3.8) is 0 Å². The van der Waals surface area contributed by atoms with Gasteiger partial charge in [-0.25, -0.2) is 9.37 Å². The van der Waals surface area contributed by atoms with Crippen molar-refractivity contribution in [3.05, 3.63) is 29.6 Å². The van der Waals surface area contributed by atoms with Crippen LogP contribution in [0.3, 0.4) is 0 Å². The standard InChI is InChI=1S/C11H15F2N3O/c1-3-16(2)7-6-15-11(17)8-4-5-14-10(13)9(8)12/h4-5H,3,6-7H2,1-2H3,(H,15,17). The van der Waals surface area contributed by atoms with Crippen molar-refractivity contribution < 1.29 is 13.6 Å². The molecule has 6 heteroatoms. The normalized spacial score (nSPS) is 10.6. The third-order valence-electron chi connectivity index (χ3n) is 2.41. The highest BCUT2D eigenvalue weighted by molar-refractivity contribution is 5.94. The van der Waals surface area contributed by atoms with E-state index in [4.69, 9.17) is 0 Å². The van der Waals surface area contributed by atoms with Crippen LogP contribution < -0.4 is 5.32 Å². The van der Waals surface area contributed by atoms with Gasteiger partial charge in [0.25, 0.3) is 5.91 Å². The minimum Gasteiger partial charge on any atom is -0.351 e. The molecule has 0 radical (unpaired) electrons. The average molecular weight is 243 g/mol. The monoisotopic (exact) mass is 243 g/mol. The quantitative estimate of drug-likeness (QED) is 0.786. The molecule has 0 atom stereocenters. The van der Waals surface area contributed by atoms with Gasteiger partial charge in [-0.05, 0) is 19.7 Å². The Bertz CT molecular complexity index is 398. The smallest absolute Gasteiger partial charge is 0.254 e.